The van der Waals surface area contributed by atoms with E-state index in [1.807, 2.05) is 48.5 Å². The first-order valence-corrected chi connectivity index (χ1v) is 7.19. The highest BCUT2D eigenvalue weighted by molar-refractivity contribution is 6.30. The topological polar surface area (TPSA) is 0 Å². The minimum absolute atomic E-state index is 0.743. The van der Waals surface area contributed by atoms with E-state index in [0.717, 1.165) is 45.2 Å². The van der Waals surface area contributed by atoms with E-state index in [1.165, 1.54) is 0 Å². The van der Waals surface area contributed by atoms with E-state index in [0.29, 0.717) is 0 Å². The number of benzene rings is 2. The zero-order valence-corrected chi connectivity index (χ0v) is 12.7. The van der Waals surface area contributed by atoms with Gasteiger partial charge in [0.15, 0.2) is 0 Å². The Bertz CT molecular complexity index is 549. The van der Waals surface area contributed by atoms with Gasteiger partial charge in [-0.3, -0.25) is 0 Å². The maximum absolute atomic E-state index is 5.88. The molecule has 0 radical (unpaired) electrons. The minimum Gasteiger partial charge on any atom is -0.0952 e. The van der Waals surface area contributed by atoms with Crippen molar-refractivity contribution in [1.82, 2.24) is 0 Å². The Morgan fingerprint density at radius 1 is 0.650 bits per heavy atom. The molecule has 0 aromatic heterocycles. The molecule has 0 unspecified atom stereocenters. The quantitative estimate of drug-likeness (QED) is 0.591. The summed E-state index contributed by atoms with van der Waals surface area (Å²) in [5, 5.41) is 1.49. The van der Waals surface area contributed by atoms with E-state index >= 15 is 0 Å². The third-order valence-electron chi connectivity index (χ3n) is 3.23. The zero-order valence-electron chi connectivity index (χ0n) is 11.2. The summed E-state index contributed by atoms with van der Waals surface area (Å²) in [5.41, 5.74) is 4.44. The van der Waals surface area contributed by atoms with Gasteiger partial charge in [0, 0.05) is 10.0 Å². The normalized spacial score (nSPS) is 10.3. The number of hydrogen-bond donors (Lipinski definition) is 0. The maximum Gasteiger partial charge on any atom is 0.0406 e. The first-order valence-electron chi connectivity index (χ1n) is 6.43. The van der Waals surface area contributed by atoms with Crippen LogP contribution in [0.25, 0.3) is 11.1 Å². The molecule has 0 heterocycles. The fourth-order valence-electron chi connectivity index (χ4n) is 1.96. The van der Waals surface area contributed by atoms with Crippen LogP contribution < -0.4 is 0 Å². The van der Waals surface area contributed by atoms with Crippen molar-refractivity contribution in [3.05, 3.63) is 82.9 Å². The predicted octanol–water partition coefficient (Wildman–Crippen LogP) is 6.50. The number of rotatable bonds is 5. The van der Waals surface area contributed by atoms with Gasteiger partial charge in [-0.1, -0.05) is 60.6 Å². The van der Waals surface area contributed by atoms with Crippen LogP contribution in [-0.2, 0) is 0 Å². The van der Waals surface area contributed by atoms with E-state index in [1.54, 1.807) is 0 Å². The monoisotopic (exact) mass is 302 g/mol. The van der Waals surface area contributed by atoms with E-state index < -0.39 is 0 Å². The molecule has 0 nitrogen and oxygen atoms in total. The first-order chi connectivity index (χ1) is 9.56. The summed E-state index contributed by atoms with van der Waals surface area (Å²) in [7, 11) is 0. The van der Waals surface area contributed by atoms with Gasteiger partial charge in [0.25, 0.3) is 0 Å². The summed E-state index contributed by atoms with van der Waals surface area (Å²) in [6.07, 6.45) is 1.76. The van der Waals surface area contributed by atoms with Gasteiger partial charge in [-0.25, -0.2) is 0 Å². The van der Waals surface area contributed by atoms with Crippen LogP contribution in [0.15, 0.2) is 61.7 Å². The molecule has 2 aromatic rings. The van der Waals surface area contributed by atoms with Crippen molar-refractivity contribution in [2.24, 2.45) is 0 Å². The van der Waals surface area contributed by atoms with Gasteiger partial charge in [-0.15, -0.1) is 0 Å². The lowest BCUT2D eigenvalue weighted by Gasteiger charge is -2.09. The van der Waals surface area contributed by atoms with E-state index in [-0.39, 0.29) is 0 Å². The van der Waals surface area contributed by atoms with Crippen LogP contribution in [0.2, 0.25) is 10.0 Å². The number of halogens is 2. The molecule has 2 aromatic carbocycles. The lowest BCUT2D eigenvalue weighted by atomic mass is 9.97. The van der Waals surface area contributed by atoms with Gasteiger partial charge >= 0.3 is 0 Å². The Labute approximate surface area is 130 Å². The molecule has 0 fully saturated rings. The summed E-state index contributed by atoms with van der Waals surface area (Å²) in [6, 6.07) is 15.5. The van der Waals surface area contributed by atoms with Crippen molar-refractivity contribution in [1.29, 1.82) is 0 Å². The molecular formula is C18H16Cl2. The molecule has 0 aliphatic rings. The third-order valence-corrected chi connectivity index (χ3v) is 3.74. The van der Waals surface area contributed by atoms with Crippen LogP contribution in [-0.4, -0.2) is 0 Å². The molecule has 0 atom stereocenters. The molecule has 2 heteroatoms. The van der Waals surface area contributed by atoms with Gasteiger partial charge in [-0.2, -0.15) is 0 Å². The van der Waals surface area contributed by atoms with Crippen LogP contribution in [0, 0.1) is 0 Å². The second kappa shape index (κ2) is 6.78. The van der Waals surface area contributed by atoms with Crippen molar-refractivity contribution in [3.63, 3.8) is 0 Å². The van der Waals surface area contributed by atoms with Crippen LogP contribution in [0.4, 0.5) is 0 Å². The summed E-state index contributed by atoms with van der Waals surface area (Å²) in [5.74, 6) is 0. The summed E-state index contributed by atoms with van der Waals surface area (Å²) < 4.78 is 0. The predicted molar refractivity (Wildman–Crippen MR) is 90.2 cm³/mol. The van der Waals surface area contributed by atoms with Gasteiger partial charge in [0.2, 0.25) is 0 Å². The van der Waals surface area contributed by atoms with Crippen LogP contribution in [0.3, 0.4) is 0 Å². The maximum atomic E-state index is 5.88. The van der Waals surface area contributed by atoms with Gasteiger partial charge in [-0.05, 0) is 59.4 Å². The Morgan fingerprint density at radius 2 is 0.950 bits per heavy atom. The molecule has 0 spiro atoms. The second-order valence-electron chi connectivity index (χ2n) is 4.72. The largest absolute Gasteiger partial charge is 0.0952 e. The van der Waals surface area contributed by atoms with Gasteiger partial charge in [0.1, 0.15) is 0 Å². The number of allylic oxidation sites excluding steroid dienone is 2. The van der Waals surface area contributed by atoms with Gasteiger partial charge in [0.05, 0.1) is 0 Å². The molecule has 0 N–H and O–H groups in total. The Hall–Kier alpha value is -1.50. The molecule has 0 saturated heterocycles. The van der Waals surface area contributed by atoms with Crippen LogP contribution in [0.1, 0.15) is 24.0 Å². The highest BCUT2D eigenvalue weighted by Crippen LogP contribution is 2.26. The fourth-order valence-corrected chi connectivity index (χ4v) is 2.21. The summed E-state index contributed by atoms with van der Waals surface area (Å²) in [6.45, 7) is 8.26. The fraction of sp³-hybridized carbons (Fsp3) is 0.111. The average molecular weight is 303 g/mol. The standard InChI is InChI=1S/C18H16Cl2/c1-13(15-5-9-17(19)10-6-15)3-4-14(2)16-7-11-18(20)12-8-16/h5-12H,1-4H2. The average Bonchev–Trinajstić information content (AvgIpc) is 2.46. The Kier molecular flexibility index (Phi) is 5.05. The zero-order chi connectivity index (χ0) is 14.5. The Balaban J connectivity index is 1.94. The van der Waals surface area contributed by atoms with E-state index in [9.17, 15) is 0 Å². The molecule has 20 heavy (non-hydrogen) atoms. The number of hydrogen-bond acceptors (Lipinski definition) is 0. The molecule has 0 aliphatic carbocycles. The molecular weight excluding hydrogens is 287 g/mol. The molecule has 102 valence electrons. The highest BCUT2D eigenvalue weighted by Gasteiger charge is 2.03. The van der Waals surface area contributed by atoms with Crippen molar-refractivity contribution in [2.45, 2.75) is 12.8 Å². The van der Waals surface area contributed by atoms with Crippen molar-refractivity contribution >= 4 is 34.3 Å². The SMILES string of the molecule is C=C(CCC(=C)c1ccc(Cl)cc1)c1ccc(Cl)cc1. The summed E-state index contributed by atoms with van der Waals surface area (Å²) in [4.78, 5) is 0. The van der Waals surface area contributed by atoms with Gasteiger partial charge < -0.3 is 0 Å². The first kappa shape index (κ1) is 14.9. The molecule has 0 aliphatic heterocycles. The van der Waals surface area contributed by atoms with Crippen molar-refractivity contribution < 1.29 is 0 Å². The minimum atomic E-state index is 0.743. The lowest BCUT2D eigenvalue weighted by molar-refractivity contribution is 1.09. The molecule has 0 bridgehead atoms. The lowest BCUT2D eigenvalue weighted by Crippen LogP contribution is -1.87. The molecule has 0 amide bonds. The summed E-state index contributed by atoms with van der Waals surface area (Å²) >= 11 is 11.8. The van der Waals surface area contributed by atoms with Crippen LogP contribution in [0.5, 0.6) is 0 Å². The highest BCUT2D eigenvalue weighted by atomic mass is 35.5. The Morgan fingerprint density at radius 3 is 1.25 bits per heavy atom. The van der Waals surface area contributed by atoms with Crippen molar-refractivity contribution in [3.8, 4) is 0 Å². The molecule has 0 saturated carbocycles. The van der Waals surface area contributed by atoms with E-state index in [2.05, 4.69) is 13.2 Å². The smallest absolute Gasteiger partial charge is 0.0406 e. The third kappa shape index (κ3) is 4.00. The van der Waals surface area contributed by atoms with Crippen molar-refractivity contribution in [2.75, 3.05) is 0 Å². The molecule has 2 rings (SSSR count). The second-order valence-corrected chi connectivity index (χ2v) is 5.59. The van der Waals surface area contributed by atoms with E-state index in [4.69, 9.17) is 23.2 Å². The van der Waals surface area contributed by atoms with Crippen LogP contribution >= 0.6 is 23.2 Å².